The molecule has 2 fully saturated rings. The van der Waals surface area contributed by atoms with Crippen molar-refractivity contribution in [2.45, 2.75) is 59.0 Å². The van der Waals surface area contributed by atoms with E-state index in [1.165, 1.54) is 18.4 Å². The highest BCUT2D eigenvalue weighted by atomic mass is 16.3. The molecule has 1 N–H and O–H groups in total. The van der Waals surface area contributed by atoms with Crippen LogP contribution < -0.4 is 0 Å². The predicted molar refractivity (Wildman–Crippen MR) is 78.9 cm³/mol. The third-order valence-electron chi connectivity index (χ3n) is 6.35. The van der Waals surface area contributed by atoms with Crippen LogP contribution in [-0.4, -0.2) is 5.11 Å². The molecule has 0 heterocycles. The molecule has 2 bridgehead atoms. The third kappa shape index (κ3) is 1.45. The maximum absolute atomic E-state index is 11.6. The highest BCUT2D eigenvalue weighted by molar-refractivity contribution is 5.35. The molecule has 1 heteroatoms. The van der Waals surface area contributed by atoms with Crippen LogP contribution in [0.5, 0.6) is 0 Å². The molecule has 0 amide bonds. The summed E-state index contributed by atoms with van der Waals surface area (Å²) < 4.78 is 0. The van der Waals surface area contributed by atoms with Gasteiger partial charge in [0.1, 0.15) is 5.60 Å². The predicted octanol–water partition coefficient (Wildman–Crippen LogP) is 4.28. The van der Waals surface area contributed by atoms with Gasteiger partial charge in [0, 0.05) is 10.8 Å². The molecule has 1 aromatic rings. The first-order valence-electron chi connectivity index (χ1n) is 7.67. The van der Waals surface area contributed by atoms with Crippen molar-refractivity contribution in [2.24, 2.45) is 16.7 Å². The Bertz CT molecular complexity index is 480. The van der Waals surface area contributed by atoms with Gasteiger partial charge < -0.3 is 5.11 Å². The average molecular weight is 258 g/mol. The summed E-state index contributed by atoms with van der Waals surface area (Å²) in [7, 11) is 0. The first kappa shape index (κ1) is 13.2. The average Bonchev–Trinajstić information content (AvgIpc) is 2.87. The zero-order chi connectivity index (χ0) is 13.9. The van der Waals surface area contributed by atoms with Gasteiger partial charge in [-0.15, -0.1) is 0 Å². The normalized spacial score (nSPS) is 39.7. The van der Waals surface area contributed by atoms with E-state index in [9.17, 15) is 5.11 Å². The van der Waals surface area contributed by atoms with Crippen molar-refractivity contribution in [3.63, 3.8) is 0 Å². The summed E-state index contributed by atoms with van der Waals surface area (Å²) in [5.41, 5.74) is 1.83. The SMILES string of the molecule is CCc1ccc(C2(O)C3(C)CCC(C3)C2(C)C)cc1. The van der Waals surface area contributed by atoms with Crippen molar-refractivity contribution >= 4 is 0 Å². The topological polar surface area (TPSA) is 20.2 Å². The van der Waals surface area contributed by atoms with Crippen LogP contribution in [0.25, 0.3) is 0 Å². The molecule has 1 aromatic carbocycles. The Balaban J connectivity index is 2.10. The molecular weight excluding hydrogens is 232 g/mol. The lowest BCUT2D eigenvalue weighted by Crippen LogP contribution is -2.51. The maximum Gasteiger partial charge on any atom is 0.100 e. The molecular formula is C18H26O. The second kappa shape index (κ2) is 3.85. The first-order valence-corrected chi connectivity index (χ1v) is 7.67. The highest BCUT2D eigenvalue weighted by Gasteiger charge is 2.68. The van der Waals surface area contributed by atoms with Crippen LogP contribution in [0.4, 0.5) is 0 Å². The summed E-state index contributed by atoms with van der Waals surface area (Å²) in [5.74, 6) is 0.661. The van der Waals surface area contributed by atoms with Gasteiger partial charge in [-0.25, -0.2) is 0 Å². The van der Waals surface area contributed by atoms with Crippen molar-refractivity contribution in [3.8, 4) is 0 Å². The fraction of sp³-hybridized carbons (Fsp3) is 0.667. The van der Waals surface area contributed by atoms with E-state index in [0.717, 1.165) is 18.4 Å². The fourth-order valence-electron chi connectivity index (χ4n) is 4.96. The Morgan fingerprint density at radius 2 is 1.79 bits per heavy atom. The van der Waals surface area contributed by atoms with E-state index in [1.807, 2.05) is 0 Å². The van der Waals surface area contributed by atoms with E-state index in [-0.39, 0.29) is 10.8 Å². The smallest absolute Gasteiger partial charge is 0.100 e. The van der Waals surface area contributed by atoms with Crippen LogP contribution in [0.2, 0.25) is 0 Å². The van der Waals surface area contributed by atoms with Crippen LogP contribution in [0.1, 0.15) is 58.1 Å². The molecule has 0 aromatic heterocycles. The molecule has 2 aliphatic carbocycles. The van der Waals surface area contributed by atoms with Gasteiger partial charge in [-0.2, -0.15) is 0 Å². The number of fused-ring (bicyclic) bond motifs is 2. The van der Waals surface area contributed by atoms with Crippen LogP contribution in [-0.2, 0) is 12.0 Å². The minimum atomic E-state index is -0.671. The summed E-state index contributed by atoms with van der Waals surface area (Å²) in [6.07, 6.45) is 4.67. The van der Waals surface area contributed by atoms with Crippen LogP contribution >= 0.6 is 0 Å². The summed E-state index contributed by atoms with van der Waals surface area (Å²) in [5, 5.41) is 11.6. The minimum absolute atomic E-state index is 0.0201. The van der Waals surface area contributed by atoms with Gasteiger partial charge in [-0.05, 0) is 42.7 Å². The van der Waals surface area contributed by atoms with Gasteiger partial charge in [0.25, 0.3) is 0 Å². The third-order valence-corrected chi connectivity index (χ3v) is 6.35. The Morgan fingerprint density at radius 1 is 1.16 bits per heavy atom. The lowest BCUT2D eigenvalue weighted by molar-refractivity contribution is -0.150. The molecule has 3 unspecified atom stereocenters. The van der Waals surface area contributed by atoms with Crippen LogP contribution in [0.3, 0.4) is 0 Å². The minimum Gasteiger partial charge on any atom is -0.384 e. The van der Waals surface area contributed by atoms with E-state index in [2.05, 4.69) is 52.0 Å². The molecule has 3 rings (SSSR count). The van der Waals surface area contributed by atoms with E-state index in [0.29, 0.717) is 5.92 Å². The number of aryl methyl sites for hydroxylation is 1. The van der Waals surface area contributed by atoms with Gasteiger partial charge in [0.05, 0.1) is 0 Å². The second-order valence-electron chi connectivity index (χ2n) is 7.48. The summed E-state index contributed by atoms with van der Waals surface area (Å²) in [6, 6.07) is 8.68. The van der Waals surface area contributed by atoms with Crippen molar-refractivity contribution in [1.29, 1.82) is 0 Å². The number of rotatable bonds is 2. The quantitative estimate of drug-likeness (QED) is 0.839. The molecule has 19 heavy (non-hydrogen) atoms. The second-order valence-corrected chi connectivity index (χ2v) is 7.48. The van der Waals surface area contributed by atoms with Crippen molar-refractivity contribution in [1.82, 2.24) is 0 Å². The first-order chi connectivity index (χ1) is 8.85. The molecule has 0 aliphatic heterocycles. The fourth-order valence-corrected chi connectivity index (χ4v) is 4.96. The van der Waals surface area contributed by atoms with E-state index in [4.69, 9.17) is 0 Å². The van der Waals surface area contributed by atoms with Crippen molar-refractivity contribution in [2.75, 3.05) is 0 Å². The van der Waals surface area contributed by atoms with Crippen molar-refractivity contribution in [3.05, 3.63) is 35.4 Å². The number of hydrogen-bond donors (Lipinski definition) is 1. The maximum atomic E-state index is 11.6. The molecule has 2 saturated carbocycles. The highest BCUT2D eigenvalue weighted by Crippen LogP contribution is 2.71. The standard InChI is InChI=1S/C18H26O/c1-5-13-6-8-14(9-7-13)18(19)16(2,3)15-10-11-17(18,4)12-15/h6-9,15,19H,5,10-12H2,1-4H3. The number of benzene rings is 1. The molecule has 3 atom stereocenters. The zero-order valence-electron chi connectivity index (χ0n) is 12.7. The van der Waals surface area contributed by atoms with Gasteiger partial charge >= 0.3 is 0 Å². The van der Waals surface area contributed by atoms with E-state index in [1.54, 1.807) is 0 Å². The van der Waals surface area contributed by atoms with Gasteiger partial charge in [0.2, 0.25) is 0 Å². The zero-order valence-corrected chi connectivity index (χ0v) is 12.7. The van der Waals surface area contributed by atoms with Crippen LogP contribution in [0, 0.1) is 16.7 Å². The Morgan fingerprint density at radius 3 is 2.26 bits per heavy atom. The van der Waals surface area contributed by atoms with Gasteiger partial charge in [0.15, 0.2) is 0 Å². The Kier molecular flexibility index (Phi) is 2.67. The molecule has 104 valence electrons. The van der Waals surface area contributed by atoms with Crippen LogP contribution in [0.15, 0.2) is 24.3 Å². The molecule has 1 nitrogen and oxygen atoms in total. The molecule has 2 aliphatic rings. The summed E-state index contributed by atoms with van der Waals surface area (Å²) in [4.78, 5) is 0. The molecule has 0 saturated heterocycles. The summed E-state index contributed by atoms with van der Waals surface area (Å²) in [6.45, 7) is 8.98. The van der Waals surface area contributed by atoms with Crippen molar-refractivity contribution < 1.29 is 5.11 Å². The largest absolute Gasteiger partial charge is 0.384 e. The Labute approximate surface area is 117 Å². The van der Waals surface area contributed by atoms with E-state index >= 15 is 0 Å². The van der Waals surface area contributed by atoms with E-state index < -0.39 is 5.60 Å². The molecule has 0 radical (unpaired) electrons. The van der Waals surface area contributed by atoms with Gasteiger partial charge in [-0.3, -0.25) is 0 Å². The summed E-state index contributed by atoms with van der Waals surface area (Å²) >= 11 is 0. The molecule has 0 spiro atoms. The lowest BCUT2D eigenvalue weighted by Gasteiger charge is -2.51. The number of hydrogen-bond acceptors (Lipinski definition) is 1. The number of aliphatic hydroxyl groups is 1. The Hall–Kier alpha value is -0.820. The lowest BCUT2D eigenvalue weighted by atomic mass is 9.58. The monoisotopic (exact) mass is 258 g/mol. The van der Waals surface area contributed by atoms with Gasteiger partial charge in [-0.1, -0.05) is 52.0 Å².